The van der Waals surface area contributed by atoms with Crippen LogP contribution in [0.2, 0.25) is 0 Å². The first-order valence-electron chi connectivity index (χ1n) is 26.4. The molecule has 3 aliphatic heterocycles. The normalized spacial score (nSPS) is 19.9. The van der Waals surface area contributed by atoms with Crippen LogP contribution in [-0.2, 0) is 20.1 Å². The van der Waals surface area contributed by atoms with Gasteiger partial charge in [0.25, 0.3) is 0 Å². The molecule has 6 aliphatic rings. The first-order valence-corrected chi connectivity index (χ1v) is 26.4. The molecule has 76 heavy (non-hydrogen) atoms. The van der Waals surface area contributed by atoms with E-state index in [9.17, 15) is 0 Å². The third-order valence-corrected chi connectivity index (χ3v) is 16.4. The standard InChI is InChI=1S/2C23H20N2.C23H19N2.Ir/c3*1-15-8-7-9-16(2)22(15)25-14-24-21-19-12-5-3-10-17(19)18-11-4-6-13-20(18)23(21)25;/h2*3-14,21,23H,1-2H3;3-11,13-14,21,23H,1-2H3;/q;;-1;. The Morgan fingerprint density at radius 3 is 0.947 bits per heavy atom. The topological polar surface area (TPSA) is 46.8 Å². The molecule has 0 N–H and O–H groups in total. The molecule has 7 heteroatoms. The number of nitrogens with zero attached hydrogens (tertiary/aromatic N) is 6. The van der Waals surface area contributed by atoms with Crippen molar-refractivity contribution in [1.29, 1.82) is 0 Å². The average molecular weight is 1160 g/mol. The van der Waals surface area contributed by atoms with Gasteiger partial charge < -0.3 is 14.7 Å². The van der Waals surface area contributed by atoms with Gasteiger partial charge in [-0.25, -0.2) is 0 Å². The summed E-state index contributed by atoms with van der Waals surface area (Å²) in [6, 6.07) is 74.0. The number of hydrogen-bond donors (Lipinski definition) is 0. The molecular formula is C69H59IrN6-. The van der Waals surface area contributed by atoms with Crippen molar-refractivity contribution in [3.8, 4) is 33.4 Å². The summed E-state index contributed by atoms with van der Waals surface area (Å²) in [5, 5.41) is 0. The Hall–Kier alpha value is -7.96. The Morgan fingerprint density at radius 1 is 0.303 bits per heavy atom. The number of para-hydroxylation sites is 3. The second-order valence-corrected chi connectivity index (χ2v) is 20.8. The summed E-state index contributed by atoms with van der Waals surface area (Å²) in [5.74, 6) is 0. The second-order valence-electron chi connectivity index (χ2n) is 20.8. The number of rotatable bonds is 3. The molecule has 0 aromatic heterocycles. The van der Waals surface area contributed by atoms with Crippen molar-refractivity contribution in [2.24, 2.45) is 15.0 Å². The zero-order chi connectivity index (χ0) is 50.9. The van der Waals surface area contributed by atoms with Crippen LogP contribution in [0.25, 0.3) is 33.4 Å². The van der Waals surface area contributed by atoms with Gasteiger partial charge in [-0.3, -0.25) is 15.0 Å². The first kappa shape index (κ1) is 48.9. The number of aliphatic imine (C=N–C) groups is 3. The molecule has 0 spiro atoms. The fourth-order valence-electron chi connectivity index (χ4n) is 13.2. The molecule has 9 aromatic carbocycles. The maximum atomic E-state index is 4.94. The molecule has 0 fully saturated rings. The molecule has 9 aromatic rings. The summed E-state index contributed by atoms with van der Waals surface area (Å²) < 4.78 is 0. The largest absolute Gasteiger partial charge is 0.322 e. The van der Waals surface area contributed by atoms with Crippen LogP contribution in [0.15, 0.2) is 209 Å². The van der Waals surface area contributed by atoms with Crippen molar-refractivity contribution in [2.75, 3.05) is 14.7 Å². The van der Waals surface area contributed by atoms with Crippen LogP contribution >= 0.6 is 0 Å². The van der Waals surface area contributed by atoms with E-state index < -0.39 is 0 Å². The Kier molecular flexibility index (Phi) is 12.9. The summed E-state index contributed by atoms with van der Waals surface area (Å²) in [6.45, 7) is 13.1. The minimum atomic E-state index is 0. The zero-order valence-electron chi connectivity index (χ0n) is 43.7. The predicted octanol–water partition coefficient (Wildman–Crippen LogP) is 16.6. The van der Waals surface area contributed by atoms with Gasteiger partial charge in [-0.1, -0.05) is 181 Å². The van der Waals surface area contributed by atoms with Gasteiger partial charge in [0.15, 0.2) is 0 Å². The number of hydrogen-bond acceptors (Lipinski definition) is 6. The minimum absolute atomic E-state index is 0. The molecule has 0 bridgehead atoms. The number of fused-ring (bicyclic) bond motifs is 18. The van der Waals surface area contributed by atoms with Gasteiger partial charge in [0.05, 0.1) is 43.2 Å². The van der Waals surface area contributed by atoms with E-state index >= 15 is 0 Å². The fourth-order valence-corrected chi connectivity index (χ4v) is 13.2. The van der Waals surface area contributed by atoms with E-state index in [-0.39, 0.29) is 56.4 Å². The van der Waals surface area contributed by atoms with Gasteiger partial charge in [0.2, 0.25) is 0 Å². The van der Waals surface area contributed by atoms with Crippen LogP contribution < -0.4 is 14.7 Å². The third kappa shape index (κ3) is 7.99. The number of benzene rings is 9. The van der Waals surface area contributed by atoms with Crippen LogP contribution in [0.4, 0.5) is 17.1 Å². The monoisotopic (exact) mass is 1160 g/mol. The molecule has 1 radical (unpaired) electrons. The van der Waals surface area contributed by atoms with E-state index in [4.69, 9.17) is 15.0 Å². The van der Waals surface area contributed by atoms with E-state index in [1.165, 1.54) is 117 Å². The second kappa shape index (κ2) is 20.0. The molecule has 0 saturated carbocycles. The van der Waals surface area contributed by atoms with Crippen LogP contribution in [-0.4, -0.2) is 19.0 Å². The van der Waals surface area contributed by atoms with Gasteiger partial charge in [0.1, 0.15) is 12.1 Å². The van der Waals surface area contributed by atoms with E-state index in [1.54, 1.807) is 0 Å². The van der Waals surface area contributed by atoms with Gasteiger partial charge in [-0.2, -0.15) is 24.3 Å². The minimum Gasteiger partial charge on any atom is -0.322 e. The van der Waals surface area contributed by atoms with E-state index in [0.29, 0.717) is 0 Å². The van der Waals surface area contributed by atoms with Gasteiger partial charge >= 0.3 is 0 Å². The molecule has 0 saturated heterocycles. The number of anilines is 3. The molecule has 6 unspecified atom stereocenters. The van der Waals surface area contributed by atoms with E-state index in [0.717, 1.165) is 0 Å². The maximum absolute atomic E-state index is 4.94. The Bertz CT molecular complexity index is 3350. The van der Waals surface area contributed by atoms with Crippen LogP contribution in [0.1, 0.15) is 103 Å². The molecule has 15 rings (SSSR count). The summed E-state index contributed by atoms with van der Waals surface area (Å²) in [7, 11) is 0. The molecule has 375 valence electrons. The molecular weight excluding hydrogens is 1110 g/mol. The first-order chi connectivity index (χ1) is 36.8. The Balaban J connectivity index is 0.000000114. The SMILES string of the molecule is Cc1cccc(C)c1N1C=NC2c3[c-]cccc3-c3ccccc3C21.Cc1cccc(C)c1N1C=NC2c3ccccc3-c3ccccc3C21.Cc1cccc(C)c1N1C=NC2c3ccccc3-c3ccccc3C21.[Ir]. The van der Waals surface area contributed by atoms with Gasteiger partial charge in [0, 0.05) is 37.2 Å². The Morgan fingerprint density at radius 2 is 0.579 bits per heavy atom. The van der Waals surface area contributed by atoms with Crippen molar-refractivity contribution in [3.05, 3.63) is 267 Å². The molecule has 0 amide bonds. The third-order valence-electron chi connectivity index (χ3n) is 16.4. The van der Waals surface area contributed by atoms with E-state index in [2.05, 4.69) is 250 Å². The van der Waals surface area contributed by atoms with Gasteiger partial charge in [-0.05, 0) is 125 Å². The zero-order valence-corrected chi connectivity index (χ0v) is 46.1. The smallest absolute Gasteiger partial charge is 0.102 e. The van der Waals surface area contributed by atoms with Crippen molar-refractivity contribution >= 4 is 36.1 Å². The average Bonchev–Trinajstić information content (AvgIpc) is 4.21. The summed E-state index contributed by atoms with van der Waals surface area (Å²) in [6.07, 6.45) is 6.12. The summed E-state index contributed by atoms with van der Waals surface area (Å²) in [5.41, 5.74) is 27.4. The summed E-state index contributed by atoms with van der Waals surface area (Å²) >= 11 is 0. The van der Waals surface area contributed by atoms with Crippen molar-refractivity contribution in [1.82, 2.24) is 0 Å². The van der Waals surface area contributed by atoms with Crippen molar-refractivity contribution < 1.29 is 20.1 Å². The molecule has 3 heterocycles. The van der Waals surface area contributed by atoms with Crippen LogP contribution in [0.5, 0.6) is 0 Å². The fraction of sp³-hybridized carbons (Fsp3) is 0.174. The molecule has 6 atom stereocenters. The van der Waals surface area contributed by atoms with Crippen molar-refractivity contribution in [2.45, 2.75) is 77.8 Å². The Labute approximate surface area is 461 Å². The van der Waals surface area contributed by atoms with Crippen molar-refractivity contribution in [3.63, 3.8) is 0 Å². The summed E-state index contributed by atoms with van der Waals surface area (Å²) in [4.78, 5) is 21.9. The maximum Gasteiger partial charge on any atom is 0.102 e. The molecule has 3 aliphatic carbocycles. The quantitative estimate of drug-likeness (QED) is 0.166. The van der Waals surface area contributed by atoms with Gasteiger partial charge in [-0.15, -0.1) is 11.1 Å². The number of aryl methyl sites for hydroxylation is 6. The molecule has 6 nitrogen and oxygen atoms in total. The van der Waals surface area contributed by atoms with Crippen LogP contribution in [0.3, 0.4) is 0 Å². The predicted molar refractivity (Wildman–Crippen MR) is 312 cm³/mol. The van der Waals surface area contributed by atoms with E-state index in [1.807, 2.05) is 25.1 Å². The van der Waals surface area contributed by atoms with Crippen LogP contribution in [0, 0.1) is 47.6 Å².